The molecule has 1 aliphatic rings. The molecule has 0 radical (unpaired) electrons. The molecule has 1 aliphatic carbocycles. The minimum Gasteiger partial charge on any atom is -0.365 e. The van der Waals surface area contributed by atoms with Gasteiger partial charge in [0.15, 0.2) is 5.79 Å². The Morgan fingerprint density at radius 3 is 2.46 bits per heavy atom. The van der Waals surface area contributed by atoms with Crippen molar-refractivity contribution >= 4 is 0 Å². The van der Waals surface area contributed by atoms with E-state index in [9.17, 15) is 5.11 Å². The van der Waals surface area contributed by atoms with Crippen LogP contribution in [-0.4, -0.2) is 17.0 Å². The van der Waals surface area contributed by atoms with Gasteiger partial charge in [-0.25, -0.2) is 0 Å². The van der Waals surface area contributed by atoms with Crippen LogP contribution >= 0.6 is 0 Å². The Morgan fingerprint density at radius 2 is 1.92 bits per heavy atom. The Kier molecular flexibility index (Phi) is 4.20. The fraction of sp³-hybridized carbons (Fsp3) is 1.00. The van der Waals surface area contributed by atoms with Crippen LogP contribution in [0.5, 0.6) is 0 Å². The Labute approximate surface area is 81.3 Å². The maximum Gasteiger partial charge on any atom is 0.165 e. The molecular weight excluding hydrogens is 164 g/mol. The van der Waals surface area contributed by atoms with E-state index in [2.05, 4.69) is 13.8 Å². The van der Waals surface area contributed by atoms with Crippen molar-refractivity contribution in [1.29, 1.82) is 0 Å². The number of hydrogen-bond donors (Lipinski definition) is 1. The molecule has 0 spiro atoms. The van der Waals surface area contributed by atoms with Crippen molar-refractivity contribution in [2.45, 2.75) is 70.7 Å². The van der Waals surface area contributed by atoms with E-state index in [0.717, 1.165) is 38.5 Å². The highest BCUT2D eigenvalue weighted by Gasteiger charge is 2.31. The van der Waals surface area contributed by atoms with Gasteiger partial charge in [-0.15, -0.1) is 0 Å². The van der Waals surface area contributed by atoms with Crippen LogP contribution in [0, 0.1) is 0 Å². The van der Waals surface area contributed by atoms with E-state index in [0.29, 0.717) is 0 Å². The van der Waals surface area contributed by atoms with Crippen molar-refractivity contribution in [3.63, 3.8) is 0 Å². The minimum atomic E-state index is -0.799. The van der Waals surface area contributed by atoms with Gasteiger partial charge in [0.1, 0.15) is 0 Å². The minimum absolute atomic E-state index is 0.202. The van der Waals surface area contributed by atoms with Gasteiger partial charge in [-0.05, 0) is 26.2 Å². The summed E-state index contributed by atoms with van der Waals surface area (Å²) in [5, 5.41) is 10.0. The molecule has 2 heteroatoms. The van der Waals surface area contributed by atoms with Crippen LogP contribution in [0.3, 0.4) is 0 Å². The zero-order valence-electron chi connectivity index (χ0n) is 8.88. The summed E-state index contributed by atoms with van der Waals surface area (Å²) in [5.74, 6) is -0.799. The van der Waals surface area contributed by atoms with Crippen molar-refractivity contribution in [3.05, 3.63) is 0 Å². The average Bonchev–Trinajstić information content (AvgIpc) is 2.04. The Morgan fingerprint density at radius 1 is 1.31 bits per heavy atom. The molecule has 0 aromatic carbocycles. The molecule has 1 rings (SSSR count). The summed E-state index contributed by atoms with van der Waals surface area (Å²) in [4.78, 5) is 0. The number of ether oxygens (including phenoxy) is 1. The second kappa shape index (κ2) is 4.97. The summed E-state index contributed by atoms with van der Waals surface area (Å²) >= 11 is 0. The first-order valence-corrected chi connectivity index (χ1v) is 5.56. The van der Waals surface area contributed by atoms with Gasteiger partial charge in [0.05, 0.1) is 6.10 Å². The van der Waals surface area contributed by atoms with Crippen molar-refractivity contribution in [1.82, 2.24) is 0 Å². The van der Waals surface area contributed by atoms with Crippen LogP contribution in [0.2, 0.25) is 0 Å². The third-order valence-electron chi connectivity index (χ3n) is 2.75. The second-order valence-electron chi connectivity index (χ2n) is 4.22. The van der Waals surface area contributed by atoms with Crippen LogP contribution < -0.4 is 0 Å². The summed E-state index contributed by atoms with van der Waals surface area (Å²) in [6, 6.07) is 0. The van der Waals surface area contributed by atoms with E-state index < -0.39 is 5.79 Å². The van der Waals surface area contributed by atoms with Crippen molar-refractivity contribution in [3.8, 4) is 0 Å². The van der Waals surface area contributed by atoms with Crippen LogP contribution in [0.25, 0.3) is 0 Å². The summed E-state index contributed by atoms with van der Waals surface area (Å²) < 4.78 is 5.67. The van der Waals surface area contributed by atoms with Gasteiger partial charge in [-0.2, -0.15) is 0 Å². The third kappa shape index (κ3) is 3.65. The van der Waals surface area contributed by atoms with E-state index in [1.165, 1.54) is 6.42 Å². The van der Waals surface area contributed by atoms with Gasteiger partial charge >= 0.3 is 0 Å². The molecule has 0 saturated heterocycles. The molecule has 1 saturated carbocycles. The molecule has 0 aliphatic heterocycles. The van der Waals surface area contributed by atoms with Crippen LogP contribution in [0.15, 0.2) is 0 Å². The molecule has 0 unspecified atom stereocenters. The van der Waals surface area contributed by atoms with E-state index >= 15 is 0 Å². The lowest BCUT2D eigenvalue weighted by molar-refractivity contribution is -0.242. The lowest BCUT2D eigenvalue weighted by atomic mass is 9.94. The van der Waals surface area contributed by atoms with Gasteiger partial charge in [0.2, 0.25) is 0 Å². The Hall–Kier alpha value is -0.0800. The largest absolute Gasteiger partial charge is 0.365 e. The fourth-order valence-electron chi connectivity index (χ4n) is 2.06. The fourth-order valence-corrected chi connectivity index (χ4v) is 2.06. The standard InChI is InChI=1S/C11H22O2/c1-3-7-10(2)13-11(12)8-5-4-6-9-11/h10,12H,3-9H2,1-2H3/t10-/m1/s1. The monoisotopic (exact) mass is 186 g/mol. The van der Waals surface area contributed by atoms with Gasteiger partial charge in [-0.3, -0.25) is 0 Å². The topological polar surface area (TPSA) is 29.5 Å². The zero-order chi connectivity index (χ0) is 9.73. The van der Waals surface area contributed by atoms with Gasteiger partial charge < -0.3 is 9.84 Å². The van der Waals surface area contributed by atoms with Gasteiger partial charge in [0.25, 0.3) is 0 Å². The maximum atomic E-state index is 10.0. The molecule has 13 heavy (non-hydrogen) atoms. The Bertz CT molecular complexity index is 139. The highest BCUT2D eigenvalue weighted by Crippen LogP contribution is 2.30. The first-order chi connectivity index (χ1) is 6.16. The number of aliphatic hydroxyl groups is 1. The summed E-state index contributed by atoms with van der Waals surface area (Å²) in [6.07, 6.45) is 7.47. The van der Waals surface area contributed by atoms with Crippen molar-refractivity contribution < 1.29 is 9.84 Å². The highest BCUT2D eigenvalue weighted by atomic mass is 16.6. The smallest absolute Gasteiger partial charge is 0.165 e. The van der Waals surface area contributed by atoms with E-state index in [4.69, 9.17) is 4.74 Å². The molecule has 1 atom stereocenters. The average molecular weight is 186 g/mol. The second-order valence-corrected chi connectivity index (χ2v) is 4.22. The van der Waals surface area contributed by atoms with Gasteiger partial charge in [-0.1, -0.05) is 19.8 Å². The predicted molar refractivity (Wildman–Crippen MR) is 53.5 cm³/mol. The van der Waals surface area contributed by atoms with Crippen LogP contribution in [-0.2, 0) is 4.74 Å². The summed E-state index contributed by atoms with van der Waals surface area (Å²) in [7, 11) is 0. The van der Waals surface area contributed by atoms with E-state index in [-0.39, 0.29) is 6.10 Å². The molecular formula is C11H22O2. The SMILES string of the molecule is CCC[C@@H](C)OC1(O)CCCCC1. The first kappa shape index (κ1) is 11.0. The van der Waals surface area contributed by atoms with Crippen molar-refractivity contribution in [2.24, 2.45) is 0 Å². The lowest BCUT2D eigenvalue weighted by Gasteiger charge is -2.34. The third-order valence-corrected chi connectivity index (χ3v) is 2.75. The molecule has 78 valence electrons. The Balaban J connectivity index is 2.31. The lowest BCUT2D eigenvalue weighted by Crippen LogP contribution is -2.37. The maximum absolute atomic E-state index is 10.0. The number of hydrogen-bond acceptors (Lipinski definition) is 2. The van der Waals surface area contributed by atoms with E-state index in [1.807, 2.05) is 0 Å². The normalized spacial score (nSPS) is 24.2. The first-order valence-electron chi connectivity index (χ1n) is 5.56. The zero-order valence-corrected chi connectivity index (χ0v) is 8.88. The highest BCUT2D eigenvalue weighted by molar-refractivity contribution is 4.74. The molecule has 0 bridgehead atoms. The number of rotatable bonds is 4. The molecule has 0 amide bonds. The molecule has 0 heterocycles. The van der Waals surface area contributed by atoms with Crippen LogP contribution in [0.4, 0.5) is 0 Å². The molecule has 0 aromatic heterocycles. The summed E-state index contributed by atoms with van der Waals surface area (Å²) in [6.45, 7) is 4.20. The predicted octanol–water partition coefficient (Wildman–Crippen LogP) is 2.84. The van der Waals surface area contributed by atoms with Crippen molar-refractivity contribution in [2.75, 3.05) is 0 Å². The van der Waals surface area contributed by atoms with Gasteiger partial charge in [0, 0.05) is 12.8 Å². The van der Waals surface area contributed by atoms with E-state index in [1.54, 1.807) is 0 Å². The summed E-state index contributed by atoms with van der Waals surface area (Å²) in [5.41, 5.74) is 0. The van der Waals surface area contributed by atoms with Crippen LogP contribution in [0.1, 0.15) is 58.8 Å². The molecule has 0 aromatic rings. The molecule has 1 fully saturated rings. The molecule has 1 N–H and O–H groups in total. The quantitative estimate of drug-likeness (QED) is 0.684. The molecule has 2 nitrogen and oxygen atoms in total.